The third-order valence-corrected chi connectivity index (χ3v) is 6.22. The molecule has 1 aliphatic heterocycles. The van der Waals surface area contributed by atoms with Crippen molar-refractivity contribution < 1.29 is 23.4 Å². The number of hydrogen-bond donors (Lipinski definition) is 1. The molecule has 1 amide bonds. The van der Waals surface area contributed by atoms with Crippen LogP contribution in [-0.2, 0) is 17.6 Å². The van der Waals surface area contributed by atoms with Gasteiger partial charge in [-0.25, -0.2) is 9.18 Å². The summed E-state index contributed by atoms with van der Waals surface area (Å²) in [6.07, 6.45) is 5.17. The van der Waals surface area contributed by atoms with Gasteiger partial charge in [0.1, 0.15) is 5.82 Å². The summed E-state index contributed by atoms with van der Waals surface area (Å²) >= 11 is 0. The molecule has 0 aromatic heterocycles. The number of ether oxygens (including phenoxy) is 3. The average Bonchev–Trinajstić information content (AvgIpc) is 2.82. The van der Waals surface area contributed by atoms with Crippen LogP contribution in [0.15, 0.2) is 36.4 Å². The Bertz CT molecular complexity index is 904. The van der Waals surface area contributed by atoms with E-state index in [4.69, 9.17) is 14.2 Å². The molecular weight excluding hydrogens is 423 g/mol. The molecule has 1 atom stereocenters. The maximum atomic E-state index is 12.9. The number of amides is 1. The molecule has 0 fully saturated rings. The molecule has 1 heterocycles. The van der Waals surface area contributed by atoms with Crippen LogP contribution in [-0.4, -0.2) is 52.0 Å². The number of carbonyl (C=O) groups is 1. The SMILES string of the molecule is COc1cc2c(cc1OC)C(CCCCCOC(=O)NCCc1ccc(F)cc1)N(C)CC2. The smallest absolute Gasteiger partial charge is 0.407 e. The fourth-order valence-corrected chi connectivity index (χ4v) is 4.32. The van der Waals surface area contributed by atoms with Crippen LogP contribution in [0.25, 0.3) is 0 Å². The molecule has 0 bridgehead atoms. The molecule has 1 N–H and O–H groups in total. The molecule has 0 saturated heterocycles. The maximum absolute atomic E-state index is 12.9. The van der Waals surface area contributed by atoms with Crippen LogP contribution in [0.2, 0.25) is 0 Å². The van der Waals surface area contributed by atoms with Crippen LogP contribution in [0.3, 0.4) is 0 Å². The van der Waals surface area contributed by atoms with Crippen molar-refractivity contribution in [3.8, 4) is 11.5 Å². The number of nitrogens with zero attached hydrogens (tertiary/aromatic N) is 1. The van der Waals surface area contributed by atoms with Crippen molar-refractivity contribution in [1.29, 1.82) is 0 Å². The Labute approximate surface area is 196 Å². The van der Waals surface area contributed by atoms with Gasteiger partial charge in [-0.15, -0.1) is 0 Å². The van der Waals surface area contributed by atoms with Crippen molar-refractivity contribution in [3.05, 3.63) is 58.9 Å². The highest BCUT2D eigenvalue weighted by atomic mass is 19.1. The Hall–Kier alpha value is -2.80. The number of rotatable bonds is 11. The summed E-state index contributed by atoms with van der Waals surface area (Å²) in [5, 5.41) is 2.74. The Morgan fingerprint density at radius 3 is 2.55 bits per heavy atom. The number of fused-ring (bicyclic) bond motifs is 1. The number of hydrogen-bond acceptors (Lipinski definition) is 5. The summed E-state index contributed by atoms with van der Waals surface area (Å²) in [6.45, 7) is 1.89. The second-order valence-corrected chi connectivity index (χ2v) is 8.44. The normalized spacial score (nSPS) is 15.6. The van der Waals surface area contributed by atoms with Gasteiger partial charge in [0.2, 0.25) is 0 Å². The van der Waals surface area contributed by atoms with E-state index in [-0.39, 0.29) is 5.82 Å². The van der Waals surface area contributed by atoms with Gasteiger partial charge in [-0.1, -0.05) is 18.6 Å². The van der Waals surface area contributed by atoms with Crippen LogP contribution < -0.4 is 14.8 Å². The van der Waals surface area contributed by atoms with Gasteiger partial charge in [-0.3, -0.25) is 4.90 Å². The van der Waals surface area contributed by atoms with Gasteiger partial charge in [0.05, 0.1) is 20.8 Å². The zero-order chi connectivity index (χ0) is 23.6. The number of unbranched alkanes of at least 4 members (excludes halogenated alkanes) is 2. The van der Waals surface area contributed by atoms with Crippen LogP contribution in [0.5, 0.6) is 11.5 Å². The first-order valence-electron chi connectivity index (χ1n) is 11.6. The summed E-state index contributed by atoms with van der Waals surface area (Å²) in [4.78, 5) is 14.2. The van der Waals surface area contributed by atoms with Crippen LogP contribution in [0.1, 0.15) is 48.4 Å². The predicted octanol–water partition coefficient (Wildman–Crippen LogP) is 4.90. The summed E-state index contributed by atoms with van der Waals surface area (Å²) in [5.74, 6) is 1.30. The van der Waals surface area contributed by atoms with Crippen LogP contribution >= 0.6 is 0 Å². The van der Waals surface area contributed by atoms with Crippen LogP contribution in [0.4, 0.5) is 9.18 Å². The lowest BCUT2D eigenvalue weighted by molar-refractivity contribution is 0.143. The van der Waals surface area contributed by atoms with Gasteiger partial charge in [0, 0.05) is 19.1 Å². The predicted molar refractivity (Wildman–Crippen MR) is 127 cm³/mol. The largest absolute Gasteiger partial charge is 0.493 e. The highest BCUT2D eigenvalue weighted by molar-refractivity contribution is 5.67. The lowest BCUT2D eigenvalue weighted by Gasteiger charge is -2.35. The van der Waals surface area contributed by atoms with Crippen LogP contribution in [0, 0.1) is 5.82 Å². The van der Waals surface area contributed by atoms with E-state index in [1.54, 1.807) is 26.4 Å². The molecule has 7 heteroatoms. The molecule has 0 spiro atoms. The van der Waals surface area contributed by atoms with Gasteiger partial charge in [-0.05, 0) is 80.1 Å². The topological polar surface area (TPSA) is 60.0 Å². The van der Waals surface area contributed by atoms with E-state index in [1.807, 2.05) is 0 Å². The Morgan fingerprint density at radius 2 is 1.82 bits per heavy atom. The first-order chi connectivity index (χ1) is 16.0. The molecule has 2 aromatic carbocycles. The number of alkyl carbamates (subject to hydrolysis) is 1. The third kappa shape index (κ3) is 7.09. The standard InChI is InChI=1S/C26H35FN2O4/c1-29-15-13-20-17-24(31-2)25(32-3)18-22(20)23(29)7-5-4-6-16-33-26(30)28-14-12-19-8-10-21(27)11-9-19/h8-11,17-18,23H,4-7,12-16H2,1-3H3,(H,28,30). The number of benzene rings is 2. The summed E-state index contributed by atoms with van der Waals surface area (Å²) in [6, 6.07) is 10.9. The fraction of sp³-hybridized carbons (Fsp3) is 0.500. The van der Waals surface area contributed by atoms with Gasteiger partial charge in [0.25, 0.3) is 0 Å². The van der Waals surface area contributed by atoms with E-state index < -0.39 is 6.09 Å². The van der Waals surface area contributed by atoms with Crippen molar-refractivity contribution in [1.82, 2.24) is 10.2 Å². The van der Waals surface area contributed by atoms with Crippen molar-refractivity contribution in [2.45, 2.75) is 44.6 Å². The second-order valence-electron chi connectivity index (χ2n) is 8.44. The second kappa shape index (κ2) is 12.4. The maximum Gasteiger partial charge on any atom is 0.407 e. The molecule has 2 aromatic rings. The quantitative estimate of drug-likeness (QED) is 0.485. The van der Waals surface area contributed by atoms with Gasteiger partial charge >= 0.3 is 6.09 Å². The number of likely N-dealkylation sites (N-methyl/N-ethyl adjacent to an activating group) is 1. The van der Waals surface area contributed by atoms with Crippen molar-refractivity contribution >= 4 is 6.09 Å². The minimum absolute atomic E-state index is 0.259. The van der Waals surface area contributed by atoms with Gasteiger partial charge in [0.15, 0.2) is 11.5 Å². The van der Waals surface area contributed by atoms with Crippen molar-refractivity contribution in [3.63, 3.8) is 0 Å². The minimum Gasteiger partial charge on any atom is -0.493 e. The zero-order valence-electron chi connectivity index (χ0n) is 19.9. The molecule has 6 nitrogen and oxygen atoms in total. The van der Waals surface area contributed by atoms with E-state index in [2.05, 4.69) is 29.4 Å². The first kappa shape index (κ1) is 24.8. The fourth-order valence-electron chi connectivity index (χ4n) is 4.32. The molecule has 0 aliphatic carbocycles. The first-order valence-corrected chi connectivity index (χ1v) is 11.6. The van der Waals surface area contributed by atoms with E-state index in [0.717, 1.165) is 55.7 Å². The lowest BCUT2D eigenvalue weighted by atomic mass is 9.89. The molecular formula is C26H35FN2O4. The molecule has 1 unspecified atom stereocenters. The molecule has 33 heavy (non-hydrogen) atoms. The monoisotopic (exact) mass is 458 g/mol. The third-order valence-electron chi connectivity index (χ3n) is 6.22. The van der Waals surface area contributed by atoms with Crippen molar-refractivity contribution in [2.24, 2.45) is 0 Å². The molecule has 180 valence electrons. The number of carbonyl (C=O) groups excluding carboxylic acids is 1. The summed E-state index contributed by atoms with van der Waals surface area (Å²) < 4.78 is 29.2. The van der Waals surface area contributed by atoms with Gasteiger partial charge in [-0.2, -0.15) is 0 Å². The summed E-state index contributed by atoms with van der Waals surface area (Å²) in [7, 11) is 5.51. The van der Waals surface area contributed by atoms with E-state index in [0.29, 0.717) is 25.6 Å². The molecule has 0 radical (unpaired) electrons. The van der Waals surface area contributed by atoms with Gasteiger partial charge < -0.3 is 19.5 Å². The Morgan fingerprint density at radius 1 is 1.09 bits per heavy atom. The highest BCUT2D eigenvalue weighted by Gasteiger charge is 2.26. The highest BCUT2D eigenvalue weighted by Crippen LogP contribution is 2.39. The molecule has 3 rings (SSSR count). The minimum atomic E-state index is -0.404. The molecule has 0 saturated carbocycles. The van der Waals surface area contributed by atoms with Crippen molar-refractivity contribution in [2.75, 3.05) is 41.0 Å². The summed E-state index contributed by atoms with van der Waals surface area (Å²) in [5.41, 5.74) is 3.62. The zero-order valence-corrected chi connectivity index (χ0v) is 19.9. The number of halogens is 1. The lowest BCUT2D eigenvalue weighted by Crippen LogP contribution is -2.32. The number of nitrogens with one attached hydrogen (secondary N) is 1. The average molecular weight is 459 g/mol. The Kier molecular flexibility index (Phi) is 9.36. The Balaban J connectivity index is 1.35. The molecule has 1 aliphatic rings. The number of methoxy groups -OCH3 is 2. The van der Waals surface area contributed by atoms with E-state index >= 15 is 0 Å². The van der Waals surface area contributed by atoms with E-state index in [1.165, 1.54) is 23.3 Å². The van der Waals surface area contributed by atoms with E-state index in [9.17, 15) is 9.18 Å².